The molecule has 2 atom stereocenters. The topological polar surface area (TPSA) is 98.0 Å². The summed E-state index contributed by atoms with van der Waals surface area (Å²) in [6.07, 6.45) is 0. The molecule has 2 saturated heterocycles. The van der Waals surface area contributed by atoms with Gasteiger partial charge in [-0.05, 0) is 19.9 Å². The Hall–Kier alpha value is -2.17. The highest BCUT2D eigenvalue weighted by Crippen LogP contribution is 2.46. The van der Waals surface area contributed by atoms with E-state index in [9.17, 15) is 8.42 Å². The van der Waals surface area contributed by atoms with E-state index >= 15 is 0 Å². The Morgan fingerprint density at radius 1 is 1.23 bits per heavy atom. The van der Waals surface area contributed by atoms with E-state index < -0.39 is 15.4 Å². The van der Waals surface area contributed by atoms with Crippen LogP contribution in [-0.2, 0) is 22.0 Å². The number of nitrogens with zero attached hydrogens (tertiary/aromatic N) is 4. The number of hydrogen-bond donors (Lipinski definition) is 0. The maximum Gasteiger partial charge on any atom is 0.235 e. The first kappa shape index (κ1) is 21.1. The van der Waals surface area contributed by atoms with Crippen molar-refractivity contribution in [3.63, 3.8) is 0 Å². The molecule has 3 heterocycles. The summed E-state index contributed by atoms with van der Waals surface area (Å²) in [6, 6.07) is 5.80. The molecule has 0 saturated carbocycles. The minimum atomic E-state index is -3.28. The SMILES string of the molecule is CCS(=O)(=O)N1C[C@@H]2CN(Cc3ccc(OC)cc3OC)C[C@]2(c2nc(C)no2)C1. The third-order valence-corrected chi connectivity index (χ3v) is 8.04. The highest BCUT2D eigenvalue weighted by molar-refractivity contribution is 7.89. The molecule has 0 aliphatic carbocycles. The van der Waals surface area contributed by atoms with Crippen molar-refractivity contribution in [2.45, 2.75) is 25.8 Å². The van der Waals surface area contributed by atoms with Gasteiger partial charge in [0, 0.05) is 50.3 Å². The molecule has 0 amide bonds. The molecule has 0 N–H and O–H groups in total. The molecular weight excluding hydrogens is 408 g/mol. The van der Waals surface area contributed by atoms with E-state index in [2.05, 4.69) is 15.0 Å². The highest BCUT2D eigenvalue weighted by Gasteiger charge is 2.58. The van der Waals surface area contributed by atoms with Gasteiger partial charge in [-0.2, -0.15) is 4.98 Å². The van der Waals surface area contributed by atoms with Crippen molar-refractivity contribution in [2.75, 3.05) is 46.2 Å². The molecule has 164 valence electrons. The normalized spacial score (nSPS) is 24.9. The lowest BCUT2D eigenvalue weighted by atomic mass is 9.81. The number of aryl methyl sites for hydroxylation is 1. The van der Waals surface area contributed by atoms with Gasteiger partial charge >= 0.3 is 0 Å². The molecule has 0 bridgehead atoms. The summed E-state index contributed by atoms with van der Waals surface area (Å²) in [7, 11) is -0.00959. The van der Waals surface area contributed by atoms with Gasteiger partial charge in [0.2, 0.25) is 15.9 Å². The molecule has 0 unspecified atom stereocenters. The average Bonchev–Trinajstić information content (AvgIpc) is 3.41. The van der Waals surface area contributed by atoms with Gasteiger partial charge in [-0.1, -0.05) is 11.2 Å². The molecule has 30 heavy (non-hydrogen) atoms. The Labute approximate surface area is 177 Å². The predicted molar refractivity (Wildman–Crippen MR) is 110 cm³/mol. The van der Waals surface area contributed by atoms with Crippen LogP contribution in [0.3, 0.4) is 0 Å². The Balaban J connectivity index is 1.61. The molecule has 10 heteroatoms. The third kappa shape index (κ3) is 3.57. The Kier molecular flexibility index (Phi) is 5.50. The molecular formula is C20H28N4O5S. The van der Waals surface area contributed by atoms with Crippen molar-refractivity contribution < 1.29 is 22.4 Å². The lowest BCUT2D eigenvalue weighted by Gasteiger charge is -2.26. The number of aromatic nitrogens is 2. The van der Waals surface area contributed by atoms with Crippen LogP contribution in [0.1, 0.15) is 24.2 Å². The van der Waals surface area contributed by atoms with Crippen LogP contribution in [0, 0.1) is 12.8 Å². The number of sulfonamides is 1. The monoisotopic (exact) mass is 436 g/mol. The molecule has 2 aliphatic rings. The van der Waals surface area contributed by atoms with Gasteiger partial charge in [0.1, 0.15) is 11.5 Å². The number of fused-ring (bicyclic) bond motifs is 1. The van der Waals surface area contributed by atoms with E-state index in [1.807, 2.05) is 18.2 Å². The quantitative estimate of drug-likeness (QED) is 0.643. The fourth-order valence-electron chi connectivity index (χ4n) is 4.66. The Morgan fingerprint density at radius 2 is 2.03 bits per heavy atom. The van der Waals surface area contributed by atoms with Gasteiger partial charge < -0.3 is 14.0 Å². The van der Waals surface area contributed by atoms with Crippen LogP contribution in [0.5, 0.6) is 11.5 Å². The van der Waals surface area contributed by atoms with Gasteiger partial charge in [0.05, 0.1) is 25.4 Å². The van der Waals surface area contributed by atoms with Crippen molar-refractivity contribution >= 4 is 10.0 Å². The van der Waals surface area contributed by atoms with Gasteiger partial charge in [0.25, 0.3) is 0 Å². The number of likely N-dealkylation sites (tertiary alicyclic amines) is 1. The molecule has 2 aromatic rings. The van der Waals surface area contributed by atoms with Gasteiger partial charge in [-0.3, -0.25) is 4.90 Å². The van der Waals surface area contributed by atoms with Crippen LogP contribution < -0.4 is 9.47 Å². The summed E-state index contributed by atoms with van der Waals surface area (Å²) >= 11 is 0. The van der Waals surface area contributed by atoms with Crippen molar-refractivity contribution in [1.82, 2.24) is 19.3 Å². The van der Waals surface area contributed by atoms with Crippen LogP contribution in [0.25, 0.3) is 0 Å². The lowest BCUT2D eigenvalue weighted by Crippen LogP contribution is -2.40. The largest absolute Gasteiger partial charge is 0.497 e. The Morgan fingerprint density at radius 3 is 2.67 bits per heavy atom. The van der Waals surface area contributed by atoms with E-state index in [4.69, 9.17) is 14.0 Å². The summed E-state index contributed by atoms with van der Waals surface area (Å²) in [4.78, 5) is 6.81. The van der Waals surface area contributed by atoms with Crippen molar-refractivity contribution in [1.29, 1.82) is 0 Å². The van der Waals surface area contributed by atoms with Crippen LogP contribution in [0.4, 0.5) is 0 Å². The second-order valence-corrected chi connectivity index (χ2v) is 10.3. The van der Waals surface area contributed by atoms with E-state index in [0.717, 1.165) is 23.6 Å². The first-order valence-electron chi connectivity index (χ1n) is 10.0. The molecule has 0 spiro atoms. The van der Waals surface area contributed by atoms with Gasteiger partial charge in [0.15, 0.2) is 5.82 Å². The molecule has 2 fully saturated rings. The zero-order valence-electron chi connectivity index (χ0n) is 17.8. The maximum absolute atomic E-state index is 12.5. The number of hydrogen-bond acceptors (Lipinski definition) is 8. The average molecular weight is 437 g/mol. The maximum atomic E-state index is 12.5. The minimum Gasteiger partial charge on any atom is -0.497 e. The molecule has 1 aromatic heterocycles. The fourth-order valence-corrected chi connectivity index (χ4v) is 5.86. The number of ether oxygens (including phenoxy) is 2. The summed E-state index contributed by atoms with van der Waals surface area (Å²) in [5.74, 6) is 2.78. The van der Waals surface area contributed by atoms with Crippen LogP contribution in [0.2, 0.25) is 0 Å². The number of methoxy groups -OCH3 is 2. The molecule has 0 radical (unpaired) electrons. The smallest absolute Gasteiger partial charge is 0.235 e. The zero-order valence-corrected chi connectivity index (χ0v) is 18.6. The number of rotatable bonds is 7. The second-order valence-electron chi connectivity index (χ2n) is 8.04. The van der Waals surface area contributed by atoms with E-state index in [1.165, 1.54) is 0 Å². The van der Waals surface area contributed by atoms with E-state index in [1.54, 1.807) is 32.4 Å². The third-order valence-electron chi connectivity index (χ3n) is 6.25. The van der Waals surface area contributed by atoms with Crippen LogP contribution in [0.15, 0.2) is 22.7 Å². The standard InChI is InChI=1S/C20H28N4O5S/c1-5-30(25,26)24-11-16-10-23(9-15-6-7-17(27-3)8-18(15)28-4)12-20(16,13-24)19-21-14(2)22-29-19/h6-8,16H,5,9-13H2,1-4H3/t16-,20-/m0/s1. The molecule has 2 aliphatic heterocycles. The summed E-state index contributed by atoms with van der Waals surface area (Å²) in [5.41, 5.74) is 0.552. The van der Waals surface area contributed by atoms with Gasteiger partial charge in [-0.25, -0.2) is 12.7 Å². The predicted octanol–water partition coefficient (Wildman–Crippen LogP) is 1.43. The lowest BCUT2D eigenvalue weighted by molar-refractivity contribution is 0.242. The van der Waals surface area contributed by atoms with Crippen molar-refractivity contribution in [3.8, 4) is 11.5 Å². The fraction of sp³-hybridized carbons (Fsp3) is 0.600. The van der Waals surface area contributed by atoms with Gasteiger partial charge in [-0.15, -0.1) is 0 Å². The summed E-state index contributed by atoms with van der Waals surface area (Å²) < 4.78 is 43.1. The second kappa shape index (κ2) is 7.82. The summed E-state index contributed by atoms with van der Waals surface area (Å²) in [6.45, 7) is 6.35. The zero-order chi connectivity index (χ0) is 21.5. The minimum absolute atomic E-state index is 0.0860. The van der Waals surface area contributed by atoms with Crippen molar-refractivity contribution in [3.05, 3.63) is 35.5 Å². The van der Waals surface area contributed by atoms with E-state index in [0.29, 0.717) is 37.9 Å². The Bertz CT molecular complexity index is 1020. The van der Waals surface area contributed by atoms with Crippen molar-refractivity contribution in [2.24, 2.45) is 5.92 Å². The first-order chi connectivity index (χ1) is 14.3. The van der Waals surface area contributed by atoms with Crippen LogP contribution in [-0.4, -0.2) is 73.9 Å². The number of benzene rings is 1. The highest BCUT2D eigenvalue weighted by atomic mass is 32.2. The molecule has 9 nitrogen and oxygen atoms in total. The van der Waals surface area contributed by atoms with E-state index in [-0.39, 0.29) is 11.7 Å². The molecule has 1 aromatic carbocycles. The first-order valence-corrected chi connectivity index (χ1v) is 11.6. The molecule has 4 rings (SSSR count). The van der Waals surface area contributed by atoms with Crippen LogP contribution >= 0.6 is 0 Å². The summed E-state index contributed by atoms with van der Waals surface area (Å²) in [5, 5.41) is 3.97.